The monoisotopic (exact) mass is 377 g/mol. The van der Waals surface area contributed by atoms with E-state index in [1.54, 1.807) is 0 Å². The number of hydrogen-bond acceptors (Lipinski definition) is 1. The van der Waals surface area contributed by atoms with Crippen molar-refractivity contribution in [3.8, 4) is 0 Å². The summed E-state index contributed by atoms with van der Waals surface area (Å²) in [6, 6.07) is 10.4. The zero-order chi connectivity index (χ0) is 13.1. The molecule has 1 saturated heterocycles. The summed E-state index contributed by atoms with van der Waals surface area (Å²) in [5, 5.41) is 0. The van der Waals surface area contributed by atoms with Gasteiger partial charge >= 0.3 is 0 Å². The molecule has 1 heterocycles. The van der Waals surface area contributed by atoms with E-state index in [0.717, 1.165) is 6.42 Å². The number of halogens is 2. The number of benzene rings is 1. The van der Waals surface area contributed by atoms with Gasteiger partial charge in [0.1, 0.15) is 0 Å². The lowest BCUT2D eigenvalue weighted by Crippen LogP contribution is -2.48. The van der Waals surface area contributed by atoms with Crippen LogP contribution in [0.3, 0.4) is 0 Å². The minimum atomic E-state index is 0.107. The highest BCUT2D eigenvalue weighted by atomic mass is 127. The number of carbonyl (C=O) groups is 1. The molecule has 0 unspecified atom stereocenters. The minimum Gasteiger partial charge on any atom is -0.333 e. The Kier molecular flexibility index (Phi) is 4.90. The second-order valence-electron chi connectivity index (χ2n) is 4.73. The lowest BCUT2D eigenvalue weighted by Gasteiger charge is -2.41. The fraction of sp³-hybridized carbons (Fsp3) is 0.500. The van der Waals surface area contributed by atoms with E-state index in [2.05, 4.69) is 34.7 Å². The zero-order valence-electron chi connectivity index (χ0n) is 10.4. The van der Waals surface area contributed by atoms with Crippen LogP contribution in [0.1, 0.15) is 24.9 Å². The van der Waals surface area contributed by atoms with Gasteiger partial charge in [-0.25, -0.2) is 0 Å². The molecule has 0 bridgehead atoms. The molecule has 98 valence electrons. The van der Waals surface area contributed by atoms with Crippen molar-refractivity contribution in [1.29, 1.82) is 0 Å². The van der Waals surface area contributed by atoms with Crippen LogP contribution in [-0.2, 0) is 4.79 Å². The Morgan fingerprint density at radius 1 is 1.39 bits per heavy atom. The number of amides is 1. The SMILES string of the molecule is C[C@H]1C[C@@H](I)[C@H](c2ccccc2)N(CCCl)C1=O. The molecule has 0 saturated carbocycles. The van der Waals surface area contributed by atoms with Crippen LogP contribution in [0, 0.1) is 5.92 Å². The van der Waals surface area contributed by atoms with Crippen molar-refractivity contribution in [3.05, 3.63) is 35.9 Å². The molecule has 1 aromatic carbocycles. The molecular weight excluding hydrogens is 361 g/mol. The van der Waals surface area contributed by atoms with E-state index >= 15 is 0 Å². The number of hydrogen-bond donors (Lipinski definition) is 0. The first kappa shape index (κ1) is 14.1. The minimum absolute atomic E-state index is 0.107. The predicted molar refractivity (Wildman–Crippen MR) is 83.2 cm³/mol. The molecule has 1 aliphatic rings. The lowest BCUT2D eigenvalue weighted by molar-refractivity contribution is -0.140. The maximum atomic E-state index is 12.3. The highest BCUT2D eigenvalue weighted by Crippen LogP contribution is 2.38. The van der Waals surface area contributed by atoms with E-state index in [9.17, 15) is 4.79 Å². The van der Waals surface area contributed by atoms with Gasteiger partial charge in [0, 0.05) is 22.3 Å². The Morgan fingerprint density at radius 2 is 2.06 bits per heavy atom. The summed E-state index contributed by atoms with van der Waals surface area (Å²) < 4.78 is 0.445. The van der Waals surface area contributed by atoms with E-state index in [-0.39, 0.29) is 17.9 Å². The molecule has 4 heteroatoms. The van der Waals surface area contributed by atoms with Crippen molar-refractivity contribution in [1.82, 2.24) is 4.90 Å². The molecule has 2 rings (SSSR count). The van der Waals surface area contributed by atoms with Crippen molar-refractivity contribution in [2.24, 2.45) is 5.92 Å². The Labute approximate surface area is 127 Å². The maximum Gasteiger partial charge on any atom is 0.226 e. The third-order valence-corrected chi connectivity index (χ3v) is 4.79. The van der Waals surface area contributed by atoms with Crippen LogP contribution < -0.4 is 0 Å². The van der Waals surface area contributed by atoms with Crippen molar-refractivity contribution < 1.29 is 4.79 Å². The third kappa shape index (κ3) is 2.82. The van der Waals surface area contributed by atoms with Gasteiger partial charge in [0.2, 0.25) is 5.91 Å². The Morgan fingerprint density at radius 3 is 2.67 bits per heavy atom. The van der Waals surface area contributed by atoms with Crippen molar-refractivity contribution in [3.63, 3.8) is 0 Å². The fourth-order valence-corrected chi connectivity index (χ4v) is 4.31. The molecule has 0 spiro atoms. The van der Waals surface area contributed by atoms with Crippen LogP contribution in [0.5, 0.6) is 0 Å². The van der Waals surface area contributed by atoms with Gasteiger partial charge in [0.25, 0.3) is 0 Å². The average molecular weight is 378 g/mol. The van der Waals surface area contributed by atoms with Gasteiger partial charge in [0.15, 0.2) is 0 Å². The van der Waals surface area contributed by atoms with Crippen LogP contribution in [0.15, 0.2) is 30.3 Å². The quantitative estimate of drug-likeness (QED) is 0.582. The van der Waals surface area contributed by atoms with Crippen molar-refractivity contribution in [2.75, 3.05) is 12.4 Å². The summed E-state index contributed by atoms with van der Waals surface area (Å²) in [4.78, 5) is 14.3. The first-order valence-electron chi connectivity index (χ1n) is 6.20. The molecule has 3 atom stereocenters. The van der Waals surface area contributed by atoms with Gasteiger partial charge in [-0.1, -0.05) is 59.8 Å². The van der Waals surface area contributed by atoms with Gasteiger partial charge < -0.3 is 4.90 Å². The molecule has 18 heavy (non-hydrogen) atoms. The first-order valence-corrected chi connectivity index (χ1v) is 7.98. The van der Waals surface area contributed by atoms with E-state index in [0.29, 0.717) is 16.3 Å². The number of rotatable bonds is 3. The fourth-order valence-electron chi connectivity index (χ4n) is 2.56. The Bertz CT molecular complexity index is 412. The van der Waals surface area contributed by atoms with Gasteiger partial charge in [-0.15, -0.1) is 11.6 Å². The molecular formula is C14H17ClINO. The molecule has 1 amide bonds. The Hall–Kier alpha value is -0.290. The average Bonchev–Trinajstić information content (AvgIpc) is 2.37. The van der Waals surface area contributed by atoms with E-state index < -0.39 is 0 Å². The highest BCUT2D eigenvalue weighted by Gasteiger charge is 2.38. The molecule has 1 aliphatic heterocycles. The third-order valence-electron chi connectivity index (χ3n) is 3.43. The van der Waals surface area contributed by atoms with E-state index in [4.69, 9.17) is 11.6 Å². The van der Waals surface area contributed by atoms with Crippen molar-refractivity contribution in [2.45, 2.75) is 23.3 Å². The molecule has 0 N–H and O–H groups in total. The number of carbonyl (C=O) groups excluding carboxylic acids is 1. The molecule has 2 nitrogen and oxygen atoms in total. The van der Waals surface area contributed by atoms with Crippen LogP contribution in [0.2, 0.25) is 0 Å². The second-order valence-corrected chi connectivity index (χ2v) is 6.71. The standard InChI is InChI=1S/C14H17ClINO/c1-10-9-12(16)13(11-5-3-2-4-6-11)17(8-7-15)14(10)18/h2-6,10,12-13H,7-9H2,1H3/t10-,12+,13-/m0/s1. The van der Waals surface area contributed by atoms with Crippen LogP contribution in [-0.4, -0.2) is 27.2 Å². The molecule has 1 aromatic rings. The topological polar surface area (TPSA) is 20.3 Å². The molecule has 0 radical (unpaired) electrons. The van der Waals surface area contributed by atoms with Crippen LogP contribution >= 0.6 is 34.2 Å². The molecule has 0 aromatic heterocycles. The first-order chi connectivity index (χ1) is 8.65. The summed E-state index contributed by atoms with van der Waals surface area (Å²) in [5.74, 6) is 0.831. The van der Waals surface area contributed by atoms with E-state index in [1.165, 1.54) is 5.56 Å². The lowest BCUT2D eigenvalue weighted by atomic mass is 9.89. The largest absolute Gasteiger partial charge is 0.333 e. The highest BCUT2D eigenvalue weighted by molar-refractivity contribution is 14.1. The Balaban J connectivity index is 2.32. The number of likely N-dealkylation sites (tertiary alicyclic amines) is 1. The van der Waals surface area contributed by atoms with Gasteiger partial charge in [0.05, 0.1) is 6.04 Å². The van der Waals surface area contributed by atoms with Crippen LogP contribution in [0.25, 0.3) is 0 Å². The normalized spacial score (nSPS) is 28.5. The number of piperidine rings is 1. The van der Waals surface area contributed by atoms with Gasteiger partial charge in [-0.2, -0.15) is 0 Å². The van der Waals surface area contributed by atoms with Crippen LogP contribution in [0.4, 0.5) is 0 Å². The molecule has 0 aliphatic carbocycles. The summed E-state index contributed by atoms with van der Waals surface area (Å²) >= 11 is 8.32. The number of nitrogens with zero attached hydrogens (tertiary/aromatic N) is 1. The van der Waals surface area contributed by atoms with Crippen molar-refractivity contribution >= 4 is 40.1 Å². The summed E-state index contributed by atoms with van der Waals surface area (Å²) in [7, 11) is 0. The second kappa shape index (κ2) is 6.24. The summed E-state index contributed by atoms with van der Waals surface area (Å²) in [6.07, 6.45) is 0.942. The van der Waals surface area contributed by atoms with Gasteiger partial charge in [-0.3, -0.25) is 4.79 Å². The maximum absolute atomic E-state index is 12.3. The smallest absolute Gasteiger partial charge is 0.226 e. The summed E-state index contributed by atoms with van der Waals surface area (Å²) in [5.41, 5.74) is 1.21. The number of alkyl halides is 2. The summed E-state index contributed by atoms with van der Waals surface area (Å²) in [6.45, 7) is 2.64. The van der Waals surface area contributed by atoms with E-state index in [1.807, 2.05) is 30.0 Å². The predicted octanol–water partition coefficient (Wildman–Crippen LogP) is 3.64. The molecule has 1 fully saturated rings. The van der Waals surface area contributed by atoms with Gasteiger partial charge in [-0.05, 0) is 12.0 Å². The zero-order valence-corrected chi connectivity index (χ0v) is 13.3.